The summed E-state index contributed by atoms with van der Waals surface area (Å²) in [6.07, 6.45) is 0.498. The Balaban J connectivity index is 1.52. The first-order valence-electron chi connectivity index (χ1n) is 7.22. The predicted molar refractivity (Wildman–Crippen MR) is 68.7 cm³/mol. The van der Waals surface area contributed by atoms with Crippen molar-refractivity contribution in [2.75, 3.05) is 45.9 Å². The molecule has 0 bridgehead atoms. The monoisotopic (exact) mass is 271 g/mol. The van der Waals surface area contributed by atoms with Gasteiger partial charge in [-0.25, -0.2) is 4.39 Å². The molecule has 0 saturated carbocycles. The summed E-state index contributed by atoms with van der Waals surface area (Å²) < 4.78 is 18.5. The van der Waals surface area contributed by atoms with Crippen LogP contribution >= 0.6 is 0 Å². The molecule has 0 spiro atoms. The lowest BCUT2D eigenvalue weighted by Crippen LogP contribution is -2.44. The van der Waals surface area contributed by atoms with Crippen LogP contribution in [0.15, 0.2) is 0 Å². The summed E-state index contributed by atoms with van der Waals surface area (Å²) in [7, 11) is 0. The topological polar surface area (TPSA) is 44.8 Å². The number of nitrogens with zero attached hydrogens (tertiary/aromatic N) is 2. The maximum absolute atomic E-state index is 13.2. The number of carbonyl (C=O) groups is 1. The first-order valence-corrected chi connectivity index (χ1v) is 7.22. The fraction of sp³-hybridized carbons (Fsp3) is 0.923. The summed E-state index contributed by atoms with van der Waals surface area (Å²) in [6.45, 7) is 5.16. The number of amides is 1. The van der Waals surface area contributed by atoms with Crippen molar-refractivity contribution in [3.8, 4) is 0 Å². The molecule has 108 valence electrons. The van der Waals surface area contributed by atoms with Gasteiger partial charge in [0.15, 0.2) is 0 Å². The summed E-state index contributed by atoms with van der Waals surface area (Å²) in [5.74, 6) is 0.0795. The van der Waals surface area contributed by atoms with Gasteiger partial charge in [-0.1, -0.05) is 0 Å². The number of rotatable bonds is 2. The number of halogens is 1. The molecular formula is C13H22FN3O2. The first-order chi connectivity index (χ1) is 9.24. The number of hydrogen-bond donors (Lipinski definition) is 1. The van der Waals surface area contributed by atoms with Gasteiger partial charge in [-0.3, -0.25) is 9.69 Å². The molecule has 3 rings (SSSR count). The normalized spacial score (nSPS) is 36.9. The van der Waals surface area contributed by atoms with E-state index in [1.165, 1.54) is 0 Å². The second kappa shape index (κ2) is 5.73. The van der Waals surface area contributed by atoms with E-state index in [2.05, 4.69) is 10.2 Å². The minimum Gasteiger partial charge on any atom is -0.379 e. The van der Waals surface area contributed by atoms with Gasteiger partial charge < -0.3 is 15.0 Å². The highest BCUT2D eigenvalue weighted by atomic mass is 19.1. The molecule has 3 atom stereocenters. The highest BCUT2D eigenvalue weighted by molar-refractivity contribution is 5.82. The Hall–Kier alpha value is -0.720. The maximum atomic E-state index is 13.2. The van der Waals surface area contributed by atoms with Gasteiger partial charge >= 0.3 is 0 Å². The van der Waals surface area contributed by atoms with Crippen LogP contribution in [0.4, 0.5) is 4.39 Å². The Morgan fingerprint density at radius 2 is 2.05 bits per heavy atom. The van der Waals surface area contributed by atoms with E-state index in [0.29, 0.717) is 19.0 Å². The highest BCUT2D eigenvalue weighted by Crippen LogP contribution is 2.19. The molecular weight excluding hydrogens is 249 g/mol. The SMILES string of the molecule is O=C([C@@H]1C[C@H](N2CCOCC2)CN1)N1CCC(F)C1. The van der Waals surface area contributed by atoms with Crippen molar-refractivity contribution in [3.63, 3.8) is 0 Å². The van der Waals surface area contributed by atoms with Gasteiger partial charge in [0.1, 0.15) is 6.17 Å². The minimum absolute atomic E-state index is 0.0795. The molecule has 0 aromatic heterocycles. The first kappa shape index (κ1) is 13.3. The summed E-state index contributed by atoms with van der Waals surface area (Å²) in [4.78, 5) is 16.3. The van der Waals surface area contributed by atoms with E-state index in [4.69, 9.17) is 4.74 Å². The van der Waals surface area contributed by atoms with Gasteiger partial charge in [0.25, 0.3) is 0 Å². The van der Waals surface area contributed by atoms with Crippen LogP contribution < -0.4 is 5.32 Å². The quantitative estimate of drug-likeness (QED) is 0.743. The largest absolute Gasteiger partial charge is 0.379 e. The molecule has 0 aromatic rings. The highest BCUT2D eigenvalue weighted by Gasteiger charge is 2.37. The molecule has 3 fully saturated rings. The predicted octanol–water partition coefficient (Wildman–Crippen LogP) is -0.380. The number of hydrogen-bond acceptors (Lipinski definition) is 4. The van der Waals surface area contributed by atoms with Crippen LogP contribution in [-0.4, -0.2) is 79.9 Å². The van der Waals surface area contributed by atoms with E-state index in [0.717, 1.165) is 39.3 Å². The average molecular weight is 271 g/mol. The van der Waals surface area contributed by atoms with Crippen molar-refractivity contribution < 1.29 is 13.9 Å². The van der Waals surface area contributed by atoms with E-state index < -0.39 is 6.17 Å². The lowest BCUT2D eigenvalue weighted by atomic mass is 10.1. The summed E-state index contributed by atoms with van der Waals surface area (Å²) >= 11 is 0. The molecule has 0 radical (unpaired) electrons. The minimum atomic E-state index is -0.833. The summed E-state index contributed by atoms with van der Waals surface area (Å²) in [5.41, 5.74) is 0. The van der Waals surface area contributed by atoms with Crippen molar-refractivity contribution in [3.05, 3.63) is 0 Å². The number of alkyl halides is 1. The van der Waals surface area contributed by atoms with E-state index in [9.17, 15) is 9.18 Å². The molecule has 0 aliphatic carbocycles. The molecule has 0 aromatic carbocycles. The Bertz CT molecular complexity index is 336. The van der Waals surface area contributed by atoms with Crippen molar-refractivity contribution in [1.29, 1.82) is 0 Å². The fourth-order valence-corrected chi connectivity index (χ4v) is 3.26. The summed E-state index contributed by atoms with van der Waals surface area (Å²) in [5, 5.41) is 3.30. The zero-order valence-corrected chi connectivity index (χ0v) is 11.2. The van der Waals surface area contributed by atoms with Crippen LogP contribution in [0, 0.1) is 0 Å². The zero-order valence-electron chi connectivity index (χ0n) is 11.2. The Labute approximate surface area is 113 Å². The lowest BCUT2D eigenvalue weighted by Gasteiger charge is -2.31. The maximum Gasteiger partial charge on any atom is 0.239 e. The second-order valence-corrected chi connectivity index (χ2v) is 5.67. The molecule has 3 aliphatic heterocycles. The number of ether oxygens (including phenoxy) is 1. The molecule has 3 saturated heterocycles. The Morgan fingerprint density at radius 3 is 2.74 bits per heavy atom. The molecule has 19 heavy (non-hydrogen) atoms. The van der Waals surface area contributed by atoms with Crippen molar-refractivity contribution >= 4 is 5.91 Å². The third-order valence-electron chi connectivity index (χ3n) is 4.41. The van der Waals surface area contributed by atoms with Crippen LogP contribution in [0.3, 0.4) is 0 Å². The lowest BCUT2D eigenvalue weighted by molar-refractivity contribution is -0.132. The van der Waals surface area contributed by atoms with Crippen LogP contribution in [0.2, 0.25) is 0 Å². The summed E-state index contributed by atoms with van der Waals surface area (Å²) in [6, 6.07) is 0.291. The van der Waals surface area contributed by atoms with Crippen LogP contribution in [0.1, 0.15) is 12.8 Å². The number of nitrogens with one attached hydrogen (secondary N) is 1. The zero-order chi connectivity index (χ0) is 13.2. The van der Waals surface area contributed by atoms with Crippen molar-refractivity contribution in [2.24, 2.45) is 0 Å². The van der Waals surface area contributed by atoms with Gasteiger partial charge in [-0.05, 0) is 12.8 Å². The fourth-order valence-electron chi connectivity index (χ4n) is 3.26. The van der Waals surface area contributed by atoms with E-state index in [1.807, 2.05) is 0 Å². The molecule has 1 N–H and O–H groups in total. The number of carbonyl (C=O) groups excluding carboxylic acids is 1. The average Bonchev–Trinajstić information content (AvgIpc) is 3.08. The molecule has 5 nitrogen and oxygen atoms in total. The van der Waals surface area contributed by atoms with E-state index in [1.54, 1.807) is 4.90 Å². The van der Waals surface area contributed by atoms with Crippen LogP contribution in [0.5, 0.6) is 0 Å². The van der Waals surface area contributed by atoms with Crippen LogP contribution in [-0.2, 0) is 9.53 Å². The third kappa shape index (κ3) is 2.90. The Kier molecular flexibility index (Phi) is 4.00. The molecule has 1 unspecified atom stereocenters. The standard InChI is InChI=1S/C13H22FN3O2/c14-10-1-2-17(9-10)13(18)12-7-11(8-15-12)16-3-5-19-6-4-16/h10-12,15H,1-9H2/t10?,11-,12-/m0/s1. The van der Waals surface area contributed by atoms with E-state index in [-0.39, 0.29) is 18.5 Å². The number of morpholine rings is 1. The van der Waals surface area contributed by atoms with Crippen molar-refractivity contribution in [2.45, 2.75) is 31.1 Å². The molecule has 6 heteroatoms. The van der Waals surface area contributed by atoms with Gasteiger partial charge in [-0.2, -0.15) is 0 Å². The van der Waals surface area contributed by atoms with E-state index >= 15 is 0 Å². The third-order valence-corrected chi connectivity index (χ3v) is 4.41. The smallest absolute Gasteiger partial charge is 0.239 e. The van der Waals surface area contributed by atoms with Crippen LogP contribution in [0.25, 0.3) is 0 Å². The molecule has 3 aliphatic rings. The molecule has 1 amide bonds. The second-order valence-electron chi connectivity index (χ2n) is 5.67. The van der Waals surface area contributed by atoms with Gasteiger partial charge in [0.05, 0.1) is 25.8 Å². The Morgan fingerprint density at radius 1 is 1.26 bits per heavy atom. The number of likely N-dealkylation sites (tertiary alicyclic amines) is 1. The molecule has 3 heterocycles. The van der Waals surface area contributed by atoms with Gasteiger partial charge in [0.2, 0.25) is 5.91 Å². The van der Waals surface area contributed by atoms with Crippen molar-refractivity contribution in [1.82, 2.24) is 15.1 Å². The van der Waals surface area contributed by atoms with Gasteiger partial charge in [-0.15, -0.1) is 0 Å². The van der Waals surface area contributed by atoms with Gasteiger partial charge in [0, 0.05) is 32.2 Å².